The van der Waals surface area contributed by atoms with Gasteiger partial charge in [0, 0.05) is 6.04 Å². The molecule has 1 heterocycles. The highest BCUT2D eigenvalue weighted by atomic mass is 16.5. The van der Waals surface area contributed by atoms with Crippen LogP contribution in [-0.4, -0.2) is 36.1 Å². The first-order valence-corrected chi connectivity index (χ1v) is 7.10. The van der Waals surface area contributed by atoms with Gasteiger partial charge < -0.3 is 4.74 Å². The zero-order valence-electron chi connectivity index (χ0n) is 11.2. The summed E-state index contributed by atoms with van der Waals surface area (Å²) in [6.45, 7) is 5.40. The Morgan fingerprint density at radius 1 is 1.24 bits per heavy atom. The summed E-state index contributed by atoms with van der Waals surface area (Å²) in [5.74, 6) is 0.786. The van der Waals surface area contributed by atoms with E-state index >= 15 is 0 Å². The fourth-order valence-corrected chi connectivity index (χ4v) is 3.39. The van der Waals surface area contributed by atoms with Gasteiger partial charge in [0.1, 0.15) is 0 Å². The quantitative estimate of drug-likeness (QED) is 0.706. The fraction of sp³-hybridized carbons (Fsp3) is 0.929. The van der Waals surface area contributed by atoms with Crippen molar-refractivity contribution < 1.29 is 9.53 Å². The van der Waals surface area contributed by atoms with Crippen LogP contribution >= 0.6 is 0 Å². The Morgan fingerprint density at radius 3 is 2.59 bits per heavy atom. The number of nitrogens with zero attached hydrogens (tertiary/aromatic N) is 1. The first kappa shape index (κ1) is 12.9. The fourth-order valence-electron chi connectivity index (χ4n) is 3.39. The highest BCUT2D eigenvalue weighted by molar-refractivity contribution is 5.71. The molecule has 98 valence electrons. The van der Waals surface area contributed by atoms with Crippen molar-refractivity contribution in [1.82, 2.24) is 4.90 Å². The van der Waals surface area contributed by atoms with Crippen molar-refractivity contribution in [2.45, 2.75) is 64.5 Å². The van der Waals surface area contributed by atoms with Gasteiger partial charge in [0.15, 0.2) is 0 Å². The van der Waals surface area contributed by atoms with E-state index in [9.17, 15) is 4.79 Å². The molecule has 17 heavy (non-hydrogen) atoms. The molecular weight excluding hydrogens is 214 g/mol. The van der Waals surface area contributed by atoms with Crippen LogP contribution in [0.4, 0.5) is 0 Å². The summed E-state index contributed by atoms with van der Waals surface area (Å²) < 4.78 is 5.24. The van der Waals surface area contributed by atoms with Gasteiger partial charge in [-0.2, -0.15) is 0 Å². The van der Waals surface area contributed by atoms with Gasteiger partial charge in [-0.25, -0.2) is 0 Å². The number of carbonyl (C=O) groups is 1. The zero-order valence-corrected chi connectivity index (χ0v) is 11.2. The predicted octanol–water partition coefficient (Wildman–Crippen LogP) is 2.59. The zero-order chi connectivity index (χ0) is 12.3. The lowest BCUT2D eigenvalue weighted by molar-refractivity contribution is -0.149. The maximum absolute atomic E-state index is 11.7. The topological polar surface area (TPSA) is 29.5 Å². The Labute approximate surface area is 105 Å². The van der Waals surface area contributed by atoms with Gasteiger partial charge in [-0.05, 0) is 52.0 Å². The van der Waals surface area contributed by atoms with Gasteiger partial charge >= 0.3 is 5.97 Å². The smallest absolute Gasteiger partial charge is 0.320 e. The van der Waals surface area contributed by atoms with Crippen LogP contribution in [0.15, 0.2) is 0 Å². The Kier molecular flexibility index (Phi) is 4.43. The Bertz CT molecular complexity index is 259. The largest absolute Gasteiger partial charge is 0.462 e. The molecule has 0 N–H and O–H groups in total. The van der Waals surface area contributed by atoms with Crippen LogP contribution in [0, 0.1) is 5.92 Å². The third-order valence-electron chi connectivity index (χ3n) is 4.06. The molecule has 0 aromatic rings. The molecule has 0 aromatic heterocycles. The number of likely N-dealkylation sites (tertiary alicyclic amines) is 1. The van der Waals surface area contributed by atoms with Crippen molar-refractivity contribution in [3.63, 3.8) is 0 Å². The summed E-state index contributed by atoms with van der Waals surface area (Å²) in [5.41, 5.74) is 0. The van der Waals surface area contributed by atoms with Crippen LogP contribution in [-0.2, 0) is 9.53 Å². The maximum Gasteiger partial charge on any atom is 0.320 e. The molecule has 0 spiro atoms. The van der Waals surface area contributed by atoms with Gasteiger partial charge in [-0.1, -0.05) is 12.8 Å². The molecule has 2 aliphatic rings. The first-order valence-electron chi connectivity index (χ1n) is 7.10. The van der Waals surface area contributed by atoms with E-state index in [1.807, 2.05) is 13.8 Å². The Morgan fingerprint density at radius 2 is 1.94 bits per heavy atom. The number of rotatable bonds is 4. The van der Waals surface area contributed by atoms with Crippen LogP contribution in [0.5, 0.6) is 0 Å². The number of carbonyl (C=O) groups excluding carboxylic acids is 1. The average molecular weight is 239 g/mol. The SMILES string of the molecule is CC(C)OC(=O)CN1CCCC1C1CCCC1. The molecule has 3 heteroatoms. The molecule has 2 rings (SSSR count). The average Bonchev–Trinajstić information content (AvgIpc) is 2.84. The lowest BCUT2D eigenvalue weighted by Gasteiger charge is -2.28. The summed E-state index contributed by atoms with van der Waals surface area (Å²) in [4.78, 5) is 14.1. The number of esters is 1. The van der Waals surface area contributed by atoms with E-state index in [-0.39, 0.29) is 12.1 Å². The molecule has 0 bridgehead atoms. The highest BCUT2D eigenvalue weighted by Crippen LogP contribution is 2.35. The normalized spacial score (nSPS) is 26.9. The molecule has 1 unspecified atom stereocenters. The van der Waals surface area contributed by atoms with E-state index in [1.54, 1.807) is 0 Å². The van der Waals surface area contributed by atoms with Gasteiger partial charge in [-0.3, -0.25) is 9.69 Å². The molecule has 3 nitrogen and oxygen atoms in total. The Hall–Kier alpha value is -0.570. The van der Waals surface area contributed by atoms with E-state index in [4.69, 9.17) is 4.74 Å². The molecule has 1 atom stereocenters. The Balaban J connectivity index is 1.84. The number of hydrogen-bond donors (Lipinski definition) is 0. The minimum absolute atomic E-state index is 0.00929. The van der Waals surface area contributed by atoms with E-state index in [0.717, 1.165) is 12.5 Å². The van der Waals surface area contributed by atoms with Crippen molar-refractivity contribution in [3.05, 3.63) is 0 Å². The lowest BCUT2D eigenvalue weighted by Crippen LogP contribution is -2.39. The van der Waals surface area contributed by atoms with Crippen molar-refractivity contribution in [2.75, 3.05) is 13.1 Å². The molecule has 1 saturated carbocycles. The van der Waals surface area contributed by atoms with Crippen LogP contribution in [0.25, 0.3) is 0 Å². The van der Waals surface area contributed by atoms with E-state index in [2.05, 4.69) is 4.90 Å². The lowest BCUT2D eigenvalue weighted by atomic mass is 9.96. The van der Waals surface area contributed by atoms with E-state index in [1.165, 1.54) is 38.5 Å². The minimum Gasteiger partial charge on any atom is -0.462 e. The third-order valence-corrected chi connectivity index (χ3v) is 4.06. The summed E-state index contributed by atoms with van der Waals surface area (Å²) in [5, 5.41) is 0. The van der Waals surface area contributed by atoms with Crippen LogP contribution in [0.1, 0.15) is 52.4 Å². The van der Waals surface area contributed by atoms with Crippen molar-refractivity contribution >= 4 is 5.97 Å². The summed E-state index contributed by atoms with van der Waals surface area (Å²) in [6.07, 6.45) is 8.02. The van der Waals surface area contributed by atoms with Gasteiger partial charge in [-0.15, -0.1) is 0 Å². The second kappa shape index (κ2) is 5.85. The van der Waals surface area contributed by atoms with Gasteiger partial charge in [0.2, 0.25) is 0 Å². The molecular formula is C14H25NO2. The van der Waals surface area contributed by atoms with E-state index in [0.29, 0.717) is 12.6 Å². The molecule has 1 aliphatic heterocycles. The van der Waals surface area contributed by atoms with E-state index < -0.39 is 0 Å². The maximum atomic E-state index is 11.7. The van der Waals surface area contributed by atoms with Gasteiger partial charge in [0.05, 0.1) is 12.6 Å². The molecule has 0 amide bonds. The van der Waals surface area contributed by atoms with Crippen LogP contribution in [0.2, 0.25) is 0 Å². The number of ether oxygens (including phenoxy) is 1. The van der Waals surface area contributed by atoms with Crippen LogP contribution < -0.4 is 0 Å². The van der Waals surface area contributed by atoms with Crippen molar-refractivity contribution in [3.8, 4) is 0 Å². The second-order valence-electron chi connectivity index (χ2n) is 5.76. The molecule has 0 aromatic carbocycles. The summed E-state index contributed by atoms with van der Waals surface area (Å²) in [6, 6.07) is 0.650. The predicted molar refractivity (Wildman–Crippen MR) is 67.8 cm³/mol. The van der Waals surface area contributed by atoms with Crippen molar-refractivity contribution in [2.24, 2.45) is 5.92 Å². The molecule has 1 aliphatic carbocycles. The third kappa shape index (κ3) is 3.44. The van der Waals surface area contributed by atoms with Crippen LogP contribution in [0.3, 0.4) is 0 Å². The number of hydrogen-bond acceptors (Lipinski definition) is 3. The second-order valence-corrected chi connectivity index (χ2v) is 5.76. The summed E-state index contributed by atoms with van der Waals surface area (Å²) >= 11 is 0. The molecule has 1 saturated heterocycles. The monoisotopic (exact) mass is 239 g/mol. The minimum atomic E-state index is -0.0510. The van der Waals surface area contributed by atoms with Gasteiger partial charge in [0.25, 0.3) is 0 Å². The van der Waals surface area contributed by atoms with Crippen molar-refractivity contribution in [1.29, 1.82) is 0 Å². The standard InChI is InChI=1S/C14H25NO2/c1-11(2)17-14(16)10-15-9-5-8-13(15)12-6-3-4-7-12/h11-13H,3-10H2,1-2H3. The first-order chi connectivity index (χ1) is 8.16. The molecule has 0 radical (unpaired) electrons. The highest BCUT2D eigenvalue weighted by Gasteiger charge is 2.34. The summed E-state index contributed by atoms with van der Waals surface area (Å²) in [7, 11) is 0. The molecule has 2 fully saturated rings.